The maximum absolute atomic E-state index is 12.3. The van der Waals surface area contributed by atoms with Crippen LogP contribution in [0.1, 0.15) is 6.92 Å². The molecule has 0 saturated heterocycles. The summed E-state index contributed by atoms with van der Waals surface area (Å²) in [4.78, 5) is 32.3. The van der Waals surface area contributed by atoms with Gasteiger partial charge in [0.1, 0.15) is 11.5 Å². The van der Waals surface area contributed by atoms with Gasteiger partial charge >= 0.3 is 22.2 Å². The van der Waals surface area contributed by atoms with Gasteiger partial charge in [0, 0.05) is 18.2 Å². The van der Waals surface area contributed by atoms with E-state index in [4.69, 9.17) is 0 Å². The van der Waals surface area contributed by atoms with Crippen molar-refractivity contribution in [1.29, 1.82) is 0 Å². The first-order valence-electron chi connectivity index (χ1n) is 7.13. The fourth-order valence-corrected chi connectivity index (χ4v) is 2.53. The Kier molecular flexibility index (Phi) is 7.68. The lowest BCUT2D eigenvalue weighted by Crippen LogP contribution is -2.37. The van der Waals surface area contributed by atoms with Crippen molar-refractivity contribution in [3.8, 4) is 0 Å². The molecule has 0 atom stereocenters. The second-order valence-corrected chi connectivity index (χ2v) is 5.98. The van der Waals surface area contributed by atoms with E-state index in [0.717, 1.165) is 30.3 Å². The van der Waals surface area contributed by atoms with E-state index in [1.165, 1.54) is 6.92 Å². The molecular formula is C14H16N2O9S. The van der Waals surface area contributed by atoms with Gasteiger partial charge < -0.3 is 9.47 Å². The standard InChI is InChI=1S/C14H16N2O9S/c1-3-13(17)24-9-8-15(14(18)23-4-2)25-26(21,22)12-7-5-6-11(10-12)16(19)20/h3,5-7,10H,1,4,8-9H2,2H3. The number of hydrogen-bond donors (Lipinski definition) is 0. The molecule has 0 fully saturated rings. The Labute approximate surface area is 149 Å². The topological polar surface area (TPSA) is 142 Å². The molecule has 0 saturated carbocycles. The van der Waals surface area contributed by atoms with Crippen LogP contribution in [0.4, 0.5) is 10.5 Å². The highest BCUT2D eigenvalue weighted by Crippen LogP contribution is 2.20. The van der Waals surface area contributed by atoms with E-state index in [9.17, 15) is 28.1 Å². The van der Waals surface area contributed by atoms with Gasteiger partial charge in [-0.1, -0.05) is 12.6 Å². The first-order chi connectivity index (χ1) is 12.2. The molecule has 0 spiro atoms. The number of ether oxygens (including phenoxy) is 2. The van der Waals surface area contributed by atoms with Crippen LogP contribution in [0.25, 0.3) is 0 Å². The van der Waals surface area contributed by atoms with Gasteiger partial charge in [-0.3, -0.25) is 10.1 Å². The fourth-order valence-electron chi connectivity index (χ4n) is 1.56. The summed E-state index contributed by atoms with van der Waals surface area (Å²) in [6, 6.07) is 4.08. The van der Waals surface area contributed by atoms with Crippen LogP contribution >= 0.6 is 0 Å². The lowest BCUT2D eigenvalue weighted by Gasteiger charge is -2.20. The summed E-state index contributed by atoms with van der Waals surface area (Å²) >= 11 is 0. The van der Waals surface area contributed by atoms with Crippen LogP contribution in [0.5, 0.6) is 0 Å². The minimum atomic E-state index is -4.58. The zero-order valence-electron chi connectivity index (χ0n) is 13.7. The zero-order chi connectivity index (χ0) is 19.7. The summed E-state index contributed by atoms with van der Waals surface area (Å²) in [5.41, 5.74) is -0.475. The maximum Gasteiger partial charge on any atom is 0.435 e. The second kappa shape index (κ2) is 9.48. The summed E-state index contributed by atoms with van der Waals surface area (Å²) in [5, 5.41) is 11.1. The monoisotopic (exact) mass is 388 g/mol. The van der Waals surface area contributed by atoms with Crippen molar-refractivity contribution in [2.75, 3.05) is 19.8 Å². The molecule has 12 heteroatoms. The molecule has 1 amide bonds. The average Bonchev–Trinajstić information content (AvgIpc) is 2.60. The van der Waals surface area contributed by atoms with Gasteiger partial charge in [0.15, 0.2) is 0 Å². The molecule has 0 radical (unpaired) electrons. The van der Waals surface area contributed by atoms with Crippen LogP contribution in [-0.4, -0.2) is 50.2 Å². The van der Waals surface area contributed by atoms with Gasteiger partial charge in [-0.05, 0) is 13.0 Å². The number of esters is 1. The van der Waals surface area contributed by atoms with Crippen molar-refractivity contribution < 1.29 is 36.7 Å². The zero-order valence-corrected chi connectivity index (χ0v) is 14.5. The predicted octanol–water partition coefficient (Wildman–Crippen LogP) is 1.40. The quantitative estimate of drug-likeness (QED) is 0.265. The molecular weight excluding hydrogens is 372 g/mol. The summed E-state index contributed by atoms with van der Waals surface area (Å²) in [7, 11) is -4.58. The van der Waals surface area contributed by atoms with Crippen molar-refractivity contribution in [2.45, 2.75) is 11.8 Å². The van der Waals surface area contributed by atoms with Gasteiger partial charge in [0.25, 0.3) is 5.69 Å². The van der Waals surface area contributed by atoms with Crippen molar-refractivity contribution in [3.63, 3.8) is 0 Å². The summed E-state index contributed by atoms with van der Waals surface area (Å²) < 4.78 is 38.5. The summed E-state index contributed by atoms with van der Waals surface area (Å²) in [6.07, 6.45) is -0.258. The SMILES string of the molecule is C=CC(=O)OCCN(OS(=O)(=O)c1cccc([N+](=O)[O-])c1)C(=O)OCC. The molecule has 0 heterocycles. The number of nitro groups is 1. The summed E-state index contributed by atoms with van der Waals surface area (Å²) in [5.74, 6) is -0.782. The molecule has 0 aliphatic rings. The van der Waals surface area contributed by atoms with E-state index in [1.807, 2.05) is 0 Å². The number of nitro benzene ring substituents is 1. The number of hydrogen-bond acceptors (Lipinski definition) is 9. The Morgan fingerprint density at radius 2 is 2.04 bits per heavy atom. The smallest absolute Gasteiger partial charge is 0.435 e. The molecule has 0 unspecified atom stereocenters. The third-order valence-corrected chi connectivity index (χ3v) is 3.89. The number of nitrogens with zero attached hydrogens (tertiary/aromatic N) is 2. The van der Waals surface area contributed by atoms with Crippen molar-refractivity contribution in [1.82, 2.24) is 5.06 Å². The number of benzene rings is 1. The Morgan fingerprint density at radius 1 is 1.35 bits per heavy atom. The van der Waals surface area contributed by atoms with E-state index in [2.05, 4.69) is 20.3 Å². The van der Waals surface area contributed by atoms with Crippen LogP contribution < -0.4 is 0 Å². The first kappa shape index (κ1) is 21.1. The Morgan fingerprint density at radius 3 is 2.62 bits per heavy atom. The lowest BCUT2D eigenvalue weighted by atomic mass is 10.3. The van der Waals surface area contributed by atoms with Gasteiger partial charge in [-0.2, -0.15) is 13.5 Å². The van der Waals surface area contributed by atoms with Crippen LogP contribution in [0.2, 0.25) is 0 Å². The Bertz CT molecular complexity index is 791. The minimum Gasteiger partial charge on any atom is -0.461 e. The Balaban J connectivity index is 2.98. The number of rotatable bonds is 9. The normalized spacial score (nSPS) is 10.7. The lowest BCUT2D eigenvalue weighted by molar-refractivity contribution is -0.385. The van der Waals surface area contributed by atoms with E-state index in [1.54, 1.807) is 0 Å². The molecule has 0 N–H and O–H groups in total. The minimum absolute atomic E-state index is 0.0675. The maximum atomic E-state index is 12.3. The van der Waals surface area contributed by atoms with Crippen molar-refractivity contribution >= 4 is 27.9 Å². The molecule has 1 aromatic carbocycles. The highest BCUT2D eigenvalue weighted by atomic mass is 32.2. The number of amides is 1. The highest BCUT2D eigenvalue weighted by Gasteiger charge is 2.27. The van der Waals surface area contributed by atoms with Gasteiger partial charge in [0.05, 0.1) is 18.1 Å². The molecule has 0 aromatic heterocycles. The number of carbonyl (C=O) groups excluding carboxylic acids is 2. The fraction of sp³-hybridized carbons (Fsp3) is 0.286. The van der Waals surface area contributed by atoms with Crippen LogP contribution in [0.15, 0.2) is 41.8 Å². The highest BCUT2D eigenvalue weighted by molar-refractivity contribution is 7.86. The van der Waals surface area contributed by atoms with E-state index in [-0.39, 0.29) is 6.61 Å². The van der Waals surface area contributed by atoms with E-state index < -0.39 is 50.8 Å². The third-order valence-electron chi connectivity index (χ3n) is 2.68. The molecule has 11 nitrogen and oxygen atoms in total. The molecule has 26 heavy (non-hydrogen) atoms. The van der Waals surface area contributed by atoms with Crippen LogP contribution in [0, 0.1) is 10.1 Å². The summed E-state index contributed by atoms with van der Waals surface area (Å²) in [6.45, 7) is 3.74. The van der Waals surface area contributed by atoms with Gasteiger partial charge in [0.2, 0.25) is 0 Å². The number of hydroxylamine groups is 2. The Hall–Kier alpha value is -2.99. The third kappa shape index (κ3) is 6.14. The molecule has 0 aliphatic carbocycles. The van der Waals surface area contributed by atoms with Gasteiger partial charge in [-0.25, -0.2) is 9.59 Å². The second-order valence-electron chi connectivity index (χ2n) is 4.46. The molecule has 0 bridgehead atoms. The van der Waals surface area contributed by atoms with E-state index >= 15 is 0 Å². The average molecular weight is 388 g/mol. The van der Waals surface area contributed by atoms with Crippen molar-refractivity contribution in [2.24, 2.45) is 0 Å². The molecule has 1 rings (SSSR count). The van der Waals surface area contributed by atoms with Crippen LogP contribution in [-0.2, 0) is 28.7 Å². The largest absolute Gasteiger partial charge is 0.461 e. The van der Waals surface area contributed by atoms with Crippen LogP contribution in [0.3, 0.4) is 0 Å². The number of carbonyl (C=O) groups is 2. The molecule has 1 aromatic rings. The molecule has 0 aliphatic heterocycles. The van der Waals surface area contributed by atoms with E-state index in [0.29, 0.717) is 5.06 Å². The van der Waals surface area contributed by atoms with Gasteiger partial charge in [-0.15, -0.1) is 4.28 Å². The van der Waals surface area contributed by atoms with Crippen molar-refractivity contribution in [3.05, 3.63) is 47.0 Å². The first-order valence-corrected chi connectivity index (χ1v) is 8.54. The number of non-ortho nitro benzene ring substituents is 1. The molecule has 142 valence electrons. The predicted molar refractivity (Wildman–Crippen MR) is 86.3 cm³/mol.